The SMILES string of the molecule is Cc1cc(NC(=O)C(=O)N2CC(C)CCC2c2ccc(F)c(F)c2)cnc1N. The van der Waals surface area contributed by atoms with E-state index in [-0.39, 0.29) is 5.92 Å². The van der Waals surface area contributed by atoms with Crippen LogP contribution in [0.15, 0.2) is 30.5 Å². The van der Waals surface area contributed by atoms with Crippen molar-refractivity contribution >= 4 is 23.3 Å². The normalized spacial score (nSPS) is 19.4. The van der Waals surface area contributed by atoms with Crippen LogP contribution >= 0.6 is 0 Å². The van der Waals surface area contributed by atoms with Gasteiger partial charge in [0.2, 0.25) is 0 Å². The standard InChI is InChI=1S/C20H22F2N4O2/c1-11-3-6-17(13-4-5-15(21)16(22)8-13)26(10-11)20(28)19(27)25-14-7-12(2)18(23)24-9-14/h4-5,7-9,11,17H,3,6,10H2,1-2H3,(H2,23,24)(H,25,27). The number of aromatic nitrogens is 1. The lowest BCUT2D eigenvalue weighted by atomic mass is 9.89. The first kappa shape index (κ1) is 19.7. The van der Waals surface area contributed by atoms with Crippen LogP contribution in [0.3, 0.4) is 0 Å². The molecule has 0 radical (unpaired) electrons. The van der Waals surface area contributed by atoms with Gasteiger partial charge in [0, 0.05) is 6.54 Å². The van der Waals surface area contributed by atoms with Crippen LogP contribution in [0.2, 0.25) is 0 Å². The third kappa shape index (κ3) is 4.11. The molecule has 1 aromatic carbocycles. The van der Waals surface area contributed by atoms with Crippen molar-refractivity contribution in [3.63, 3.8) is 0 Å². The summed E-state index contributed by atoms with van der Waals surface area (Å²) < 4.78 is 27.0. The zero-order valence-electron chi connectivity index (χ0n) is 15.7. The van der Waals surface area contributed by atoms with E-state index in [0.717, 1.165) is 18.6 Å². The summed E-state index contributed by atoms with van der Waals surface area (Å²) in [5.74, 6) is -2.93. The molecule has 0 bridgehead atoms. The zero-order valence-corrected chi connectivity index (χ0v) is 15.7. The monoisotopic (exact) mass is 388 g/mol. The average Bonchev–Trinajstić information content (AvgIpc) is 2.66. The quantitative estimate of drug-likeness (QED) is 0.774. The molecule has 2 heterocycles. The minimum Gasteiger partial charge on any atom is -0.383 e. The number of nitrogens with zero attached hydrogens (tertiary/aromatic N) is 2. The van der Waals surface area contributed by atoms with E-state index in [2.05, 4.69) is 10.3 Å². The molecule has 0 aliphatic carbocycles. The lowest BCUT2D eigenvalue weighted by Gasteiger charge is -2.38. The fourth-order valence-corrected chi connectivity index (χ4v) is 3.41. The molecule has 3 N–H and O–H groups in total. The molecule has 0 saturated carbocycles. The van der Waals surface area contributed by atoms with Gasteiger partial charge in [0.05, 0.1) is 17.9 Å². The van der Waals surface area contributed by atoms with Gasteiger partial charge in [-0.3, -0.25) is 9.59 Å². The Morgan fingerprint density at radius 1 is 1.21 bits per heavy atom. The summed E-state index contributed by atoms with van der Waals surface area (Å²) in [5.41, 5.74) is 7.17. The van der Waals surface area contributed by atoms with Gasteiger partial charge in [-0.15, -0.1) is 0 Å². The van der Waals surface area contributed by atoms with Crippen molar-refractivity contribution in [2.45, 2.75) is 32.7 Å². The van der Waals surface area contributed by atoms with Gasteiger partial charge in [-0.2, -0.15) is 0 Å². The lowest BCUT2D eigenvalue weighted by molar-refractivity contribution is -0.146. The van der Waals surface area contributed by atoms with Gasteiger partial charge in [0.1, 0.15) is 5.82 Å². The molecule has 8 heteroatoms. The van der Waals surface area contributed by atoms with E-state index in [1.807, 2.05) is 6.92 Å². The van der Waals surface area contributed by atoms with Crippen molar-refractivity contribution in [3.8, 4) is 0 Å². The Kier molecular flexibility index (Phi) is 5.58. The Balaban J connectivity index is 1.82. The van der Waals surface area contributed by atoms with E-state index in [0.29, 0.717) is 35.6 Å². The number of aryl methyl sites for hydroxylation is 1. The van der Waals surface area contributed by atoms with Gasteiger partial charge >= 0.3 is 11.8 Å². The summed E-state index contributed by atoms with van der Waals surface area (Å²) >= 11 is 0. The second kappa shape index (κ2) is 7.92. The molecule has 3 rings (SSSR count). The first-order chi connectivity index (χ1) is 13.3. The van der Waals surface area contributed by atoms with Crippen molar-refractivity contribution < 1.29 is 18.4 Å². The molecule has 2 aromatic rings. The smallest absolute Gasteiger partial charge is 0.313 e. The van der Waals surface area contributed by atoms with Crippen molar-refractivity contribution in [2.75, 3.05) is 17.6 Å². The summed E-state index contributed by atoms with van der Waals surface area (Å²) in [6.07, 6.45) is 2.75. The first-order valence-corrected chi connectivity index (χ1v) is 9.05. The van der Waals surface area contributed by atoms with E-state index < -0.39 is 29.5 Å². The number of benzene rings is 1. The highest BCUT2D eigenvalue weighted by Crippen LogP contribution is 2.34. The number of nitrogens with one attached hydrogen (secondary N) is 1. The second-order valence-corrected chi connectivity index (χ2v) is 7.21. The topological polar surface area (TPSA) is 88.3 Å². The number of halogens is 2. The highest BCUT2D eigenvalue weighted by atomic mass is 19.2. The number of anilines is 2. The van der Waals surface area contributed by atoms with Gasteiger partial charge in [-0.1, -0.05) is 13.0 Å². The molecule has 1 saturated heterocycles. The molecule has 6 nitrogen and oxygen atoms in total. The molecular formula is C20H22F2N4O2. The highest BCUT2D eigenvalue weighted by Gasteiger charge is 2.34. The molecule has 1 fully saturated rings. The molecular weight excluding hydrogens is 366 g/mol. The number of likely N-dealkylation sites (tertiary alicyclic amines) is 1. The van der Waals surface area contributed by atoms with Gasteiger partial charge in [-0.05, 0) is 55.0 Å². The van der Waals surface area contributed by atoms with Crippen molar-refractivity contribution in [3.05, 3.63) is 53.2 Å². The van der Waals surface area contributed by atoms with Gasteiger partial charge in [0.25, 0.3) is 0 Å². The van der Waals surface area contributed by atoms with Gasteiger partial charge in [0.15, 0.2) is 11.6 Å². The molecule has 2 atom stereocenters. The minimum atomic E-state index is -0.976. The van der Waals surface area contributed by atoms with Crippen LogP contribution in [0, 0.1) is 24.5 Å². The largest absolute Gasteiger partial charge is 0.383 e. The third-order valence-electron chi connectivity index (χ3n) is 4.98. The van der Waals surface area contributed by atoms with Crippen LogP contribution in [-0.2, 0) is 9.59 Å². The molecule has 2 unspecified atom stereocenters. The summed E-state index contributed by atoms with van der Waals surface area (Å²) in [6.45, 7) is 4.08. The Morgan fingerprint density at radius 2 is 1.96 bits per heavy atom. The number of piperidine rings is 1. The minimum absolute atomic E-state index is 0.193. The molecule has 1 aromatic heterocycles. The zero-order chi connectivity index (χ0) is 20.4. The second-order valence-electron chi connectivity index (χ2n) is 7.21. The van der Waals surface area contributed by atoms with Crippen LogP contribution in [0.5, 0.6) is 0 Å². The number of rotatable bonds is 2. The molecule has 28 heavy (non-hydrogen) atoms. The van der Waals surface area contributed by atoms with Gasteiger partial charge in [-0.25, -0.2) is 13.8 Å². The molecule has 1 aliphatic heterocycles. The summed E-state index contributed by atoms with van der Waals surface area (Å²) in [5, 5.41) is 2.53. The summed E-state index contributed by atoms with van der Waals surface area (Å²) in [7, 11) is 0. The Morgan fingerprint density at radius 3 is 2.64 bits per heavy atom. The van der Waals surface area contributed by atoms with Crippen LogP contribution < -0.4 is 11.1 Å². The fourth-order valence-electron chi connectivity index (χ4n) is 3.41. The number of nitrogen functional groups attached to an aromatic ring is 1. The third-order valence-corrected chi connectivity index (χ3v) is 4.98. The molecule has 148 valence electrons. The highest BCUT2D eigenvalue weighted by molar-refractivity contribution is 6.39. The number of nitrogens with two attached hydrogens (primary N) is 1. The van der Waals surface area contributed by atoms with Crippen molar-refractivity contribution in [2.24, 2.45) is 5.92 Å². The number of pyridine rings is 1. The summed E-state index contributed by atoms with van der Waals surface area (Å²) in [4.78, 5) is 30.7. The van der Waals surface area contributed by atoms with E-state index >= 15 is 0 Å². The van der Waals surface area contributed by atoms with Crippen LogP contribution in [0.4, 0.5) is 20.3 Å². The Bertz CT molecular complexity index is 919. The van der Waals surface area contributed by atoms with Crippen LogP contribution in [0.1, 0.15) is 36.9 Å². The summed E-state index contributed by atoms with van der Waals surface area (Å²) in [6, 6.07) is 4.70. The van der Waals surface area contributed by atoms with Gasteiger partial charge < -0.3 is 16.0 Å². The maximum atomic E-state index is 13.7. The molecule has 1 aliphatic rings. The van der Waals surface area contributed by atoms with E-state index in [1.54, 1.807) is 13.0 Å². The fraction of sp³-hybridized carbons (Fsp3) is 0.350. The van der Waals surface area contributed by atoms with Crippen molar-refractivity contribution in [1.82, 2.24) is 9.88 Å². The first-order valence-electron chi connectivity index (χ1n) is 9.05. The predicted octanol–water partition coefficient (Wildman–Crippen LogP) is 3.19. The number of amides is 2. The maximum absolute atomic E-state index is 13.7. The predicted molar refractivity (Wildman–Crippen MR) is 101 cm³/mol. The number of carbonyl (C=O) groups is 2. The maximum Gasteiger partial charge on any atom is 0.313 e. The number of hydrogen-bond donors (Lipinski definition) is 2. The molecule has 2 amide bonds. The lowest BCUT2D eigenvalue weighted by Crippen LogP contribution is -2.46. The average molecular weight is 388 g/mol. The Hall–Kier alpha value is -3.03. The van der Waals surface area contributed by atoms with E-state index in [1.165, 1.54) is 17.2 Å². The van der Waals surface area contributed by atoms with Crippen LogP contribution in [-0.4, -0.2) is 28.2 Å². The van der Waals surface area contributed by atoms with E-state index in [9.17, 15) is 18.4 Å². The van der Waals surface area contributed by atoms with Crippen LogP contribution in [0.25, 0.3) is 0 Å². The van der Waals surface area contributed by atoms with E-state index in [4.69, 9.17) is 5.73 Å². The number of hydrogen-bond acceptors (Lipinski definition) is 4. The Labute approximate surface area is 161 Å². The van der Waals surface area contributed by atoms with Crippen molar-refractivity contribution in [1.29, 1.82) is 0 Å². The molecule has 0 spiro atoms. The number of carbonyl (C=O) groups excluding carboxylic acids is 2.